The minimum atomic E-state index is -0.403. The Hall–Kier alpha value is -2.92. The minimum Gasteiger partial charge on any atom is -0.316 e. The molecule has 0 spiro atoms. The predicted molar refractivity (Wildman–Crippen MR) is 105 cm³/mol. The van der Waals surface area contributed by atoms with Crippen LogP contribution in [-0.4, -0.2) is 48.4 Å². The molecule has 2 amide bonds. The SMILES string of the molecule is CC(=O)N(C)c1cccc(-c2csc(N(C)C(=O)C3CCCN3C#N)n2)c1. The molecule has 140 valence electrons. The zero-order valence-corrected chi connectivity index (χ0v) is 16.4. The number of nitrogens with zero attached hydrogens (tertiary/aromatic N) is 5. The number of benzene rings is 1. The van der Waals surface area contributed by atoms with Crippen LogP contribution in [0.5, 0.6) is 0 Å². The standard InChI is InChI=1S/C19H21N5O2S/c1-13(25)22(2)15-7-4-6-14(10-15)16-11-27-19(21-16)23(3)18(26)17-8-5-9-24(17)12-20/h4,6-7,10-11,17H,5,8-9H2,1-3H3. The molecule has 2 aromatic rings. The lowest BCUT2D eigenvalue weighted by Gasteiger charge is -2.22. The summed E-state index contributed by atoms with van der Waals surface area (Å²) in [7, 11) is 3.42. The fourth-order valence-corrected chi connectivity index (χ4v) is 3.87. The summed E-state index contributed by atoms with van der Waals surface area (Å²) in [6.07, 6.45) is 3.63. The van der Waals surface area contributed by atoms with E-state index >= 15 is 0 Å². The summed E-state index contributed by atoms with van der Waals surface area (Å²) >= 11 is 1.38. The topological polar surface area (TPSA) is 80.5 Å². The van der Waals surface area contributed by atoms with Gasteiger partial charge in [0.2, 0.25) is 5.91 Å². The van der Waals surface area contributed by atoms with E-state index in [-0.39, 0.29) is 11.8 Å². The number of hydrogen-bond acceptors (Lipinski definition) is 6. The molecule has 1 atom stereocenters. The first-order chi connectivity index (χ1) is 12.9. The molecule has 0 radical (unpaired) electrons. The van der Waals surface area contributed by atoms with Gasteiger partial charge >= 0.3 is 0 Å². The molecule has 1 aromatic carbocycles. The lowest BCUT2D eigenvalue weighted by molar-refractivity contribution is -0.121. The summed E-state index contributed by atoms with van der Waals surface area (Å²) in [5, 5.41) is 11.6. The normalized spacial score (nSPS) is 16.1. The van der Waals surface area contributed by atoms with E-state index < -0.39 is 6.04 Å². The van der Waals surface area contributed by atoms with Gasteiger partial charge in [0.25, 0.3) is 5.91 Å². The van der Waals surface area contributed by atoms with Crippen LogP contribution in [0.25, 0.3) is 11.3 Å². The van der Waals surface area contributed by atoms with Gasteiger partial charge in [-0.2, -0.15) is 5.26 Å². The summed E-state index contributed by atoms with van der Waals surface area (Å²) in [5.74, 6) is -0.157. The van der Waals surface area contributed by atoms with Crippen molar-refractivity contribution in [1.82, 2.24) is 9.88 Å². The molecule has 0 saturated carbocycles. The van der Waals surface area contributed by atoms with Crippen LogP contribution < -0.4 is 9.80 Å². The Balaban J connectivity index is 1.81. The van der Waals surface area contributed by atoms with Crippen LogP contribution in [0.3, 0.4) is 0 Å². The van der Waals surface area contributed by atoms with E-state index in [0.717, 1.165) is 23.4 Å². The average molecular weight is 383 g/mol. The van der Waals surface area contributed by atoms with Crippen molar-refractivity contribution in [3.05, 3.63) is 29.6 Å². The third kappa shape index (κ3) is 3.78. The maximum Gasteiger partial charge on any atom is 0.251 e. The second kappa shape index (κ2) is 7.76. The van der Waals surface area contributed by atoms with Gasteiger partial charge < -0.3 is 4.90 Å². The smallest absolute Gasteiger partial charge is 0.251 e. The van der Waals surface area contributed by atoms with Crippen LogP contribution in [0, 0.1) is 11.5 Å². The highest BCUT2D eigenvalue weighted by Gasteiger charge is 2.33. The van der Waals surface area contributed by atoms with E-state index in [2.05, 4.69) is 11.2 Å². The van der Waals surface area contributed by atoms with Crippen molar-refractivity contribution < 1.29 is 9.59 Å². The number of likely N-dealkylation sites (tertiary alicyclic amines) is 1. The average Bonchev–Trinajstić information content (AvgIpc) is 3.35. The largest absolute Gasteiger partial charge is 0.316 e. The molecule has 8 heteroatoms. The van der Waals surface area contributed by atoms with Crippen molar-refractivity contribution in [2.45, 2.75) is 25.8 Å². The first kappa shape index (κ1) is 18.9. The number of anilines is 2. The third-order valence-electron chi connectivity index (χ3n) is 4.78. The quantitative estimate of drug-likeness (QED) is 0.759. The Morgan fingerprint density at radius 3 is 2.81 bits per heavy atom. The third-order valence-corrected chi connectivity index (χ3v) is 5.69. The van der Waals surface area contributed by atoms with Crippen molar-refractivity contribution in [2.24, 2.45) is 0 Å². The number of thiazole rings is 1. The molecule has 1 aliphatic rings. The number of amides is 2. The van der Waals surface area contributed by atoms with E-state index in [4.69, 9.17) is 5.26 Å². The van der Waals surface area contributed by atoms with Crippen molar-refractivity contribution >= 4 is 34.0 Å². The highest BCUT2D eigenvalue weighted by atomic mass is 32.1. The Kier molecular flexibility index (Phi) is 5.42. The molecule has 1 unspecified atom stereocenters. The van der Waals surface area contributed by atoms with E-state index in [0.29, 0.717) is 18.1 Å². The fourth-order valence-electron chi connectivity index (χ4n) is 3.07. The number of carbonyl (C=O) groups excluding carboxylic acids is 2. The van der Waals surface area contributed by atoms with Crippen LogP contribution in [0.2, 0.25) is 0 Å². The number of rotatable bonds is 4. The molecule has 1 aromatic heterocycles. The van der Waals surface area contributed by atoms with Gasteiger partial charge in [-0.25, -0.2) is 4.98 Å². The van der Waals surface area contributed by atoms with Gasteiger partial charge in [0.05, 0.1) is 5.69 Å². The molecule has 1 fully saturated rings. The molecule has 0 N–H and O–H groups in total. The van der Waals surface area contributed by atoms with Crippen LogP contribution in [0.4, 0.5) is 10.8 Å². The second-order valence-corrected chi connectivity index (χ2v) is 7.33. The second-order valence-electron chi connectivity index (χ2n) is 6.49. The predicted octanol–water partition coefficient (Wildman–Crippen LogP) is 2.70. The number of carbonyl (C=O) groups is 2. The summed E-state index contributed by atoms with van der Waals surface area (Å²) in [4.78, 5) is 33.5. The molecule has 2 heterocycles. The first-order valence-corrected chi connectivity index (χ1v) is 9.54. The molecular formula is C19H21N5O2S. The maximum absolute atomic E-state index is 12.7. The van der Waals surface area contributed by atoms with E-state index in [1.165, 1.54) is 28.1 Å². The van der Waals surface area contributed by atoms with Gasteiger partial charge in [0, 0.05) is 44.2 Å². The molecule has 7 nitrogen and oxygen atoms in total. The Labute approximate surface area is 162 Å². The molecule has 0 aliphatic carbocycles. The maximum atomic E-state index is 12.7. The van der Waals surface area contributed by atoms with Gasteiger partial charge in [-0.1, -0.05) is 12.1 Å². The van der Waals surface area contributed by atoms with Crippen molar-refractivity contribution in [1.29, 1.82) is 5.26 Å². The summed E-state index contributed by atoms with van der Waals surface area (Å²) in [5.41, 5.74) is 2.41. The van der Waals surface area contributed by atoms with Crippen molar-refractivity contribution in [3.63, 3.8) is 0 Å². The lowest BCUT2D eigenvalue weighted by Crippen LogP contribution is -2.42. The number of nitriles is 1. The summed E-state index contributed by atoms with van der Waals surface area (Å²) in [6.45, 7) is 2.14. The van der Waals surface area contributed by atoms with Gasteiger partial charge in [-0.15, -0.1) is 11.3 Å². The number of likely N-dealkylation sites (N-methyl/N-ethyl adjacent to an activating group) is 1. The zero-order valence-electron chi connectivity index (χ0n) is 15.5. The van der Waals surface area contributed by atoms with E-state index in [1.807, 2.05) is 29.6 Å². The Morgan fingerprint density at radius 1 is 1.33 bits per heavy atom. The Morgan fingerprint density at radius 2 is 2.11 bits per heavy atom. The molecule has 1 aliphatic heterocycles. The molecular weight excluding hydrogens is 362 g/mol. The highest BCUT2D eigenvalue weighted by molar-refractivity contribution is 7.14. The van der Waals surface area contributed by atoms with Gasteiger partial charge in [0.15, 0.2) is 11.3 Å². The molecule has 3 rings (SSSR count). The number of aromatic nitrogens is 1. The van der Waals surface area contributed by atoms with Gasteiger partial charge in [0.1, 0.15) is 6.04 Å². The lowest BCUT2D eigenvalue weighted by atomic mass is 10.1. The van der Waals surface area contributed by atoms with Crippen LogP contribution in [-0.2, 0) is 9.59 Å². The minimum absolute atomic E-state index is 0.0462. The van der Waals surface area contributed by atoms with Crippen LogP contribution in [0.1, 0.15) is 19.8 Å². The van der Waals surface area contributed by atoms with Crippen LogP contribution in [0.15, 0.2) is 29.6 Å². The summed E-state index contributed by atoms with van der Waals surface area (Å²) in [6, 6.07) is 7.16. The monoisotopic (exact) mass is 383 g/mol. The van der Waals surface area contributed by atoms with Gasteiger partial charge in [-0.05, 0) is 25.0 Å². The molecule has 1 saturated heterocycles. The molecule has 0 bridgehead atoms. The van der Waals surface area contributed by atoms with Gasteiger partial charge in [-0.3, -0.25) is 19.4 Å². The molecule has 27 heavy (non-hydrogen) atoms. The summed E-state index contributed by atoms with van der Waals surface area (Å²) < 4.78 is 0. The zero-order chi connectivity index (χ0) is 19.6. The Bertz CT molecular complexity index is 904. The fraction of sp³-hybridized carbons (Fsp3) is 0.368. The van der Waals surface area contributed by atoms with E-state index in [9.17, 15) is 9.59 Å². The van der Waals surface area contributed by atoms with Crippen LogP contribution >= 0.6 is 11.3 Å². The van der Waals surface area contributed by atoms with E-state index in [1.54, 1.807) is 19.0 Å². The first-order valence-electron chi connectivity index (χ1n) is 8.66. The number of hydrogen-bond donors (Lipinski definition) is 0. The van der Waals surface area contributed by atoms with Crippen molar-refractivity contribution in [2.75, 3.05) is 30.4 Å². The highest BCUT2D eigenvalue weighted by Crippen LogP contribution is 2.30. The van der Waals surface area contributed by atoms with Crippen molar-refractivity contribution in [3.8, 4) is 17.5 Å².